The molecule has 1 amide bonds. The maximum atomic E-state index is 12.4. The molecule has 1 aromatic rings. The van der Waals surface area contributed by atoms with Crippen LogP contribution >= 0.6 is 0 Å². The van der Waals surface area contributed by atoms with Gasteiger partial charge in [0, 0.05) is 30.3 Å². The summed E-state index contributed by atoms with van der Waals surface area (Å²) in [6.45, 7) is 6.70. The lowest BCUT2D eigenvalue weighted by atomic mass is 10.1. The molecule has 1 rings (SSSR count). The van der Waals surface area contributed by atoms with Crippen LogP contribution in [0.15, 0.2) is 24.3 Å². The molecule has 0 atom stereocenters. The molecule has 0 aromatic heterocycles. The Morgan fingerprint density at radius 3 is 2.11 bits per heavy atom. The summed E-state index contributed by atoms with van der Waals surface area (Å²) in [5, 5.41) is 10.6. The first-order valence-electron chi connectivity index (χ1n) is 6.60. The van der Waals surface area contributed by atoms with Crippen LogP contribution in [0.5, 0.6) is 0 Å². The molecule has 0 aliphatic rings. The van der Waals surface area contributed by atoms with Gasteiger partial charge in [0.2, 0.25) is 0 Å². The third-order valence-electron chi connectivity index (χ3n) is 3.31. The van der Waals surface area contributed by atoms with E-state index in [2.05, 4.69) is 13.8 Å². The largest absolute Gasteiger partial charge is 0.336 e. The molecule has 19 heavy (non-hydrogen) atoms. The van der Waals surface area contributed by atoms with Crippen LogP contribution in [-0.2, 0) is 0 Å². The Morgan fingerprint density at radius 1 is 1.21 bits per heavy atom. The molecule has 1 aromatic carbocycles. The first-order valence-corrected chi connectivity index (χ1v) is 6.60. The normalized spacial score (nSPS) is 10.5. The van der Waals surface area contributed by atoms with Crippen LogP contribution in [-0.4, -0.2) is 28.3 Å². The van der Waals surface area contributed by atoms with E-state index in [0.717, 1.165) is 12.8 Å². The zero-order valence-electron chi connectivity index (χ0n) is 11.6. The monoisotopic (exact) mass is 264 g/mol. The molecule has 5 nitrogen and oxygen atoms in total. The SMILES string of the molecule is CCC(CC)N(CC)C(=O)c1ccc([N+](=O)[O-])cc1. The number of carbonyl (C=O) groups is 1. The number of rotatable bonds is 6. The van der Waals surface area contributed by atoms with Crippen molar-refractivity contribution >= 4 is 11.6 Å². The highest BCUT2D eigenvalue weighted by atomic mass is 16.6. The van der Waals surface area contributed by atoms with Crippen LogP contribution in [0.4, 0.5) is 5.69 Å². The highest BCUT2D eigenvalue weighted by Crippen LogP contribution is 2.16. The van der Waals surface area contributed by atoms with E-state index in [1.807, 2.05) is 11.8 Å². The van der Waals surface area contributed by atoms with Crippen molar-refractivity contribution in [2.75, 3.05) is 6.54 Å². The lowest BCUT2D eigenvalue weighted by Crippen LogP contribution is -2.39. The van der Waals surface area contributed by atoms with Crippen LogP contribution in [0.1, 0.15) is 44.0 Å². The summed E-state index contributed by atoms with van der Waals surface area (Å²) in [5.41, 5.74) is 0.501. The van der Waals surface area contributed by atoms with Gasteiger partial charge in [0.25, 0.3) is 11.6 Å². The summed E-state index contributed by atoms with van der Waals surface area (Å²) < 4.78 is 0. The van der Waals surface area contributed by atoms with E-state index in [1.165, 1.54) is 24.3 Å². The van der Waals surface area contributed by atoms with Crippen LogP contribution in [0.2, 0.25) is 0 Å². The van der Waals surface area contributed by atoms with Gasteiger partial charge in [-0.2, -0.15) is 0 Å². The Labute approximate surface area is 113 Å². The molecular formula is C14H20N2O3. The first kappa shape index (κ1) is 15.1. The van der Waals surface area contributed by atoms with Crippen molar-refractivity contribution in [3.8, 4) is 0 Å². The van der Waals surface area contributed by atoms with E-state index in [-0.39, 0.29) is 17.6 Å². The molecule has 104 valence electrons. The predicted octanol–water partition coefficient (Wildman–Crippen LogP) is 3.25. The number of hydrogen-bond donors (Lipinski definition) is 0. The average Bonchev–Trinajstić information content (AvgIpc) is 2.44. The summed E-state index contributed by atoms with van der Waals surface area (Å²) in [6.07, 6.45) is 1.81. The second kappa shape index (κ2) is 6.87. The number of carbonyl (C=O) groups excluding carboxylic acids is 1. The minimum Gasteiger partial charge on any atom is -0.336 e. The van der Waals surface area contributed by atoms with E-state index in [4.69, 9.17) is 0 Å². The summed E-state index contributed by atoms with van der Waals surface area (Å²) in [4.78, 5) is 24.3. The first-order chi connectivity index (χ1) is 9.04. The van der Waals surface area contributed by atoms with Crippen molar-refractivity contribution in [3.63, 3.8) is 0 Å². The Hall–Kier alpha value is -1.91. The van der Waals surface area contributed by atoms with Gasteiger partial charge in [-0.25, -0.2) is 0 Å². The van der Waals surface area contributed by atoms with Crippen molar-refractivity contribution in [3.05, 3.63) is 39.9 Å². The smallest absolute Gasteiger partial charge is 0.269 e. The molecule has 0 aliphatic heterocycles. The molecule has 0 spiro atoms. The van der Waals surface area contributed by atoms with Gasteiger partial charge in [0.05, 0.1) is 4.92 Å². The fourth-order valence-electron chi connectivity index (χ4n) is 2.19. The number of nitro benzene ring substituents is 1. The van der Waals surface area contributed by atoms with Crippen molar-refractivity contribution in [2.45, 2.75) is 39.7 Å². The Kier molecular flexibility index (Phi) is 5.48. The van der Waals surface area contributed by atoms with E-state index >= 15 is 0 Å². The summed E-state index contributed by atoms with van der Waals surface area (Å²) in [6, 6.07) is 5.99. The molecule has 0 aliphatic carbocycles. The average molecular weight is 264 g/mol. The maximum Gasteiger partial charge on any atom is 0.269 e. The lowest BCUT2D eigenvalue weighted by Gasteiger charge is -2.29. The molecule has 0 heterocycles. The van der Waals surface area contributed by atoms with Gasteiger partial charge in [-0.15, -0.1) is 0 Å². The number of amides is 1. The summed E-state index contributed by atoms with van der Waals surface area (Å²) >= 11 is 0. The van der Waals surface area contributed by atoms with Crippen molar-refractivity contribution < 1.29 is 9.72 Å². The molecule has 0 unspecified atom stereocenters. The van der Waals surface area contributed by atoms with E-state index < -0.39 is 4.92 Å². The zero-order chi connectivity index (χ0) is 14.4. The number of hydrogen-bond acceptors (Lipinski definition) is 3. The standard InChI is InChI=1S/C14H20N2O3/c1-4-12(5-2)15(6-3)14(17)11-7-9-13(10-8-11)16(18)19/h7-10,12H,4-6H2,1-3H3. The highest BCUT2D eigenvalue weighted by molar-refractivity contribution is 5.94. The minimum atomic E-state index is -0.466. The van der Waals surface area contributed by atoms with Gasteiger partial charge in [0.1, 0.15) is 0 Å². The van der Waals surface area contributed by atoms with Crippen LogP contribution in [0, 0.1) is 10.1 Å². The maximum absolute atomic E-state index is 12.4. The molecule has 0 bridgehead atoms. The lowest BCUT2D eigenvalue weighted by molar-refractivity contribution is -0.384. The van der Waals surface area contributed by atoms with E-state index in [0.29, 0.717) is 12.1 Å². The summed E-state index contributed by atoms with van der Waals surface area (Å²) in [7, 11) is 0. The molecule has 0 saturated heterocycles. The number of nitrogens with zero attached hydrogens (tertiary/aromatic N) is 2. The molecule has 5 heteroatoms. The number of nitro groups is 1. The third kappa shape index (κ3) is 3.53. The fraction of sp³-hybridized carbons (Fsp3) is 0.500. The molecule has 0 N–H and O–H groups in total. The minimum absolute atomic E-state index is 0.00197. The Balaban J connectivity index is 2.94. The van der Waals surface area contributed by atoms with Gasteiger partial charge >= 0.3 is 0 Å². The van der Waals surface area contributed by atoms with Crippen molar-refractivity contribution in [1.82, 2.24) is 4.90 Å². The summed E-state index contributed by atoms with van der Waals surface area (Å²) in [5.74, 6) is -0.0638. The third-order valence-corrected chi connectivity index (χ3v) is 3.31. The van der Waals surface area contributed by atoms with Crippen LogP contribution in [0.25, 0.3) is 0 Å². The quantitative estimate of drug-likeness (QED) is 0.585. The molecular weight excluding hydrogens is 244 g/mol. The Morgan fingerprint density at radius 2 is 1.74 bits per heavy atom. The fourth-order valence-corrected chi connectivity index (χ4v) is 2.19. The number of non-ortho nitro benzene ring substituents is 1. The zero-order valence-corrected chi connectivity index (χ0v) is 11.6. The van der Waals surface area contributed by atoms with Gasteiger partial charge < -0.3 is 4.90 Å². The topological polar surface area (TPSA) is 63.5 Å². The van der Waals surface area contributed by atoms with Gasteiger partial charge in [-0.1, -0.05) is 13.8 Å². The van der Waals surface area contributed by atoms with Crippen LogP contribution in [0.3, 0.4) is 0 Å². The Bertz CT molecular complexity index is 439. The van der Waals surface area contributed by atoms with Gasteiger partial charge in [-0.3, -0.25) is 14.9 Å². The molecule has 0 saturated carbocycles. The van der Waals surface area contributed by atoms with E-state index in [9.17, 15) is 14.9 Å². The molecule has 0 radical (unpaired) electrons. The second-order valence-corrected chi connectivity index (χ2v) is 4.37. The van der Waals surface area contributed by atoms with Crippen LogP contribution < -0.4 is 0 Å². The van der Waals surface area contributed by atoms with Crippen molar-refractivity contribution in [2.24, 2.45) is 0 Å². The van der Waals surface area contributed by atoms with Crippen molar-refractivity contribution in [1.29, 1.82) is 0 Å². The number of benzene rings is 1. The van der Waals surface area contributed by atoms with E-state index in [1.54, 1.807) is 0 Å². The molecule has 0 fully saturated rings. The van der Waals surface area contributed by atoms with Gasteiger partial charge in [0.15, 0.2) is 0 Å². The second-order valence-electron chi connectivity index (χ2n) is 4.37. The predicted molar refractivity (Wildman–Crippen MR) is 74.2 cm³/mol. The van der Waals surface area contributed by atoms with Gasteiger partial charge in [-0.05, 0) is 31.9 Å². The highest BCUT2D eigenvalue weighted by Gasteiger charge is 2.21.